The van der Waals surface area contributed by atoms with Crippen LogP contribution in [0, 0.1) is 11.2 Å². The third-order valence-electron chi connectivity index (χ3n) is 1.56. The molecule has 1 aromatic carbocycles. The van der Waals surface area contributed by atoms with E-state index < -0.39 is 0 Å². The van der Waals surface area contributed by atoms with Gasteiger partial charge in [0.05, 0.1) is 13.5 Å². The van der Waals surface area contributed by atoms with Gasteiger partial charge < -0.3 is 4.74 Å². The molecule has 0 fully saturated rings. The molecule has 1 aromatic rings. The second kappa shape index (κ2) is 5.54. The molecule has 0 atom stereocenters. The molecule has 0 unspecified atom stereocenters. The van der Waals surface area contributed by atoms with E-state index in [0.29, 0.717) is 5.56 Å². The van der Waals surface area contributed by atoms with Crippen molar-refractivity contribution in [2.75, 3.05) is 7.11 Å². The van der Waals surface area contributed by atoms with Gasteiger partial charge in [0.2, 0.25) is 0 Å². The number of hydrogen-bond donors (Lipinski definition) is 1. The Morgan fingerprint density at radius 3 is 2.62 bits per heavy atom. The summed E-state index contributed by atoms with van der Waals surface area (Å²) < 4.78 is 17.6. The van der Waals surface area contributed by atoms with Gasteiger partial charge in [-0.05, 0) is 11.6 Å². The summed E-state index contributed by atoms with van der Waals surface area (Å²) >= 11 is 0. The van der Waals surface area contributed by atoms with Crippen LogP contribution in [0.4, 0.5) is 4.39 Å². The highest BCUT2D eigenvalue weighted by molar-refractivity contribution is 5.85. The van der Waals surface area contributed by atoms with Crippen molar-refractivity contribution in [1.82, 2.24) is 0 Å². The standard InChI is InChI=1S/C9H10FNO.ClH/c1-12-9(11)6-7-4-2-3-5-8(7)10;/h2-5,11H,6H2,1H3;1H. The molecule has 0 amide bonds. The van der Waals surface area contributed by atoms with Crippen LogP contribution in [0.1, 0.15) is 5.56 Å². The Labute approximate surface area is 82.6 Å². The van der Waals surface area contributed by atoms with Crippen molar-refractivity contribution in [2.24, 2.45) is 0 Å². The van der Waals surface area contributed by atoms with Crippen LogP contribution in [-0.4, -0.2) is 13.0 Å². The van der Waals surface area contributed by atoms with Gasteiger partial charge >= 0.3 is 0 Å². The molecule has 0 aliphatic carbocycles. The normalized spacial score (nSPS) is 8.77. The monoisotopic (exact) mass is 203 g/mol. The molecule has 1 N–H and O–H groups in total. The van der Waals surface area contributed by atoms with Crippen LogP contribution in [-0.2, 0) is 11.2 Å². The maximum atomic E-state index is 12.9. The lowest BCUT2D eigenvalue weighted by Crippen LogP contribution is -2.04. The molecule has 0 saturated carbocycles. The number of methoxy groups -OCH3 is 1. The second-order valence-corrected chi connectivity index (χ2v) is 2.40. The average molecular weight is 204 g/mol. The highest BCUT2D eigenvalue weighted by Gasteiger charge is 2.03. The Bertz CT molecular complexity index is 291. The van der Waals surface area contributed by atoms with Crippen molar-refractivity contribution in [3.63, 3.8) is 0 Å². The number of rotatable bonds is 2. The van der Waals surface area contributed by atoms with Gasteiger partial charge in [-0.25, -0.2) is 4.39 Å². The Morgan fingerprint density at radius 1 is 1.46 bits per heavy atom. The molecule has 0 bridgehead atoms. The molecule has 0 aliphatic heterocycles. The molecule has 1 rings (SSSR count). The van der Waals surface area contributed by atoms with Crippen LogP contribution in [0.25, 0.3) is 0 Å². The number of nitrogens with one attached hydrogen (secondary N) is 1. The average Bonchev–Trinajstić information content (AvgIpc) is 2.09. The predicted octanol–water partition coefficient (Wildman–Crippen LogP) is 2.41. The zero-order chi connectivity index (χ0) is 8.97. The first-order valence-electron chi connectivity index (χ1n) is 3.59. The van der Waals surface area contributed by atoms with Gasteiger partial charge in [-0.1, -0.05) is 18.2 Å². The summed E-state index contributed by atoms with van der Waals surface area (Å²) in [5.74, 6) is -0.223. The highest BCUT2D eigenvalue weighted by Crippen LogP contribution is 2.07. The first-order chi connectivity index (χ1) is 5.74. The number of benzene rings is 1. The lowest BCUT2D eigenvalue weighted by Gasteiger charge is -2.02. The Morgan fingerprint density at radius 2 is 2.08 bits per heavy atom. The minimum atomic E-state index is -0.292. The fourth-order valence-electron chi connectivity index (χ4n) is 0.887. The van der Waals surface area contributed by atoms with Gasteiger partial charge in [0.25, 0.3) is 0 Å². The van der Waals surface area contributed by atoms with Crippen LogP contribution in [0.2, 0.25) is 0 Å². The summed E-state index contributed by atoms with van der Waals surface area (Å²) in [5.41, 5.74) is 0.490. The third kappa shape index (κ3) is 3.42. The first-order valence-corrected chi connectivity index (χ1v) is 3.59. The highest BCUT2D eigenvalue weighted by atomic mass is 35.5. The van der Waals surface area contributed by atoms with Crippen molar-refractivity contribution in [3.05, 3.63) is 35.6 Å². The molecule has 13 heavy (non-hydrogen) atoms. The second-order valence-electron chi connectivity index (χ2n) is 2.40. The van der Waals surface area contributed by atoms with Gasteiger partial charge in [0.15, 0.2) is 5.90 Å². The first kappa shape index (κ1) is 11.9. The summed E-state index contributed by atoms with van der Waals surface area (Å²) in [4.78, 5) is 0. The molecule has 0 aromatic heterocycles. The predicted molar refractivity (Wildman–Crippen MR) is 52.1 cm³/mol. The molecule has 0 saturated heterocycles. The van der Waals surface area contributed by atoms with Crippen molar-refractivity contribution in [3.8, 4) is 0 Å². The van der Waals surface area contributed by atoms with Gasteiger partial charge in [0.1, 0.15) is 5.82 Å². The van der Waals surface area contributed by atoms with Gasteiger partial charge in [0, 0.05) is 0 Å². The SMILES string of the molecule is COC(=N)Cc1ccccc1F.Cl. The van der Waals surface area contributed by atoms with Gasteiger partial charge in [-0.3, -0.25) is 5.41 Å². The minimum Gasteiger partial charge on any atom is -0.484 e. The molecule has 72 valence electrons. The van der Waals surface area contributed by atoms with E-state index in [1.165, 1.54) is 13.2 Å². The zero-order valence-corrected chi connectivity index (χ0v) is 8.03. The topological polar surface area (TPSA) is 33.1 Å². The lowest BCUT2D eigenvalue weighted by molar-refractivity contribution is 0.389. The summed E-state index contributed by atoms with van der Waals surface area (Å²) in [5, 5.41) is 7.18. The molecular formula is C9H11ClFNO. The lowest BCUT2D eigenvalue weighted by atomic mass is 10.1. The van der Waals surface area contributed by atoms with Gasteiger partial charge in [-0.15, -0.1) is 12.4 Å². The molecule has 0 heterocycles. The van der Waals surface area contributed by atoms with Crippen molar-refractivity contribution in [1.29, 1.82) is 5.41 Å². The molecule has 0 spiro atoms. The molecular weight excluding hydrogens is 193 g/mol. The fraction of sp³-hybridized carbons (Fsp3) is 0.222. The third-order valence-corrected chi connectivity index (χ3v) is 1.56. The van der Waals surface area contributed by atoms with Crippen LogP contribution in [0.15, 0.2) is 24.3 Å². The largest absolute Gasteiger partial charge is 0.484 e. The van der Waals surface area contributed by atoms with E-state index in [4.69, 9.17) is 5.41 Å². The van der Waals surface area contributed by atoms with E-state index in [0.717, 1.165) is 0 Å². The van der Waals surface area contributed by atoms with E-state index in [9.17, 15) is 4.39 Å². The molecule has 0 radical (unpaired) electrons. The van der Waals surface area contributed by atoms with E-state index in [-0.39, 0.29) is 30.5 Å². The van der Waals surface area contributed by atoms with E-state index in [2.05, 4.69) is 4.74 Å². The Kier molecular flexibility index (Phi) is 5.07. The molecule has 4 heteroatoms. The van der Waals surface area contributed by atoms with Crippen LogP contribution in [0.3, 0.4) is 0 Å². The summed E-state index contributed by atoms with van der Waals surface area (Å²) in [7, 11) is 1.41. The summed E-state index contributed by atoms with van der Waals surface area (Å²) in [6.45, 7) is 0. The van der Waals surface area contributed by atoms with E-state index in [1.54, 1.807) is 18.2 Å². The summed E-state index contributed by atoms with van der Waals surface area (Å²) in [6, 6.07) is 6.37. The Balaban J connectivity index is 0.00000144. The molecule has 2 nitrogen and oxygen atoms in total. The minimum absolute atomic E-state index is 0. The molecule has 0 aliphatic rings. The quantitative estimate of drug-likeness (QED) is 0.581. The maximum absolute atomic E-state index is 12.9. The fourth-order valence-corrected chi connectivity index (χ4v) is 0.887. The van der Waals surface area contributed by atoms with Crippen molar-refractivity contribution in [2.45, 2.75) is 6.42 Å². The number of hydrogen-bond acceptors (Lipinski definition) is 2. The van der Waals surface area contributed by atoms with Crippen LogP contribution < -0.4 is 0 Å². The summed E-state index contributed by atoms with van der Waals surface area (Å²) in [6.07, 6.45) is 0.211. The maximum Gasteiger partial charge on any atom is 0.184 e. The smallest absolute Gasteiger partial charge is 0.184 e. The van der Waals surface area contributed by atoms with Crippen molar-refractivity contribution < 1.29 is 9.13 Å². The van der Waals surface area contributed by atoms with Crippen molar-refractivity contribution >= 4 is 18.3 Å². The van der Waals surface area contributed by atoms with E-state index in [1.807, 2.05) is 0 Å². The number of ether oxygens (including phenoxy) is 1. The van der Waals surface area contributed by atoms with Crippen LogP contribution >= 0.6 is 12.4 Å². The number of halogens is 2. The zero-order valence-electron chi connectivity index (χ0n) is 7.21. The van der Waals surface area contributed by atoms with Crippen LogP contribution in [0.5, 0.6) is 0 Å². The van der Waals surface area contributed by atoms with E-state index >= 15 is 0 Å². The van der Waals surface area contributed by atoms with Gasteiger partial charge in [-0.2, -0.15) is 0 Å². The Hall–Kier alpha value is -1.09.